The summed E-state index contributed by atoms with van der Waals surface area (Å²) in [7, 11) is 1.67. The van der Waals surface area contributed by atoms with Crippen molar-refractivity contribution in [3.05, 3.63) is 54.3 Å². The molecular formula is C19H23FN3O2+. The number of anilines is 2. The number of carbonyl (C=O) groups is 1. The maximum atomic E-state index is 13.6. The first kappa shape index (κ1) is 17.2. The molecule has 2 aromatic carbocycles. The molecule has 0 radical (unpaired) electrons. The number of ether oxygens (including phenoxy) is 1. The number of nitrogens with one attached hydrogen (secondary N) is 2. The molecule has 0 bridgehead atoms. The highest BCUT2D eigenvalue weighted by molar-refractivity contribution is 5.91. The molecule has 0 spiro atoms. The standard InChI is InChI=1S/C19H22FN3O2/c1-25-18-9-5-4-8-17(18)23-12-10-22(11-13-23)14-19(24)21-16-7-3-2-6-15(16)20/h2-9H,10-14H2,1H3,(H,21,24)/p+1. The normalized spacial score (nSPS) is 15.0. The molecule has 0 aromatic heterocycles. The van der Waals surface area contributed by atoms with Crippen molar-refractivity contribution in [2.24, 2.45) is 0 Å². The van der Waals surface area contributed by atoms with E-state index in [2.05, 4.69) is 16.3 Å². The number of carbonyl (C=O) groups excluding carboxylic acids is 1. The van der Waals surface area contributed by atoms with Crippen molar-refractivity contribution in [2.75, 3.05) is 50.1 Å². The fourth-order valence-electron chi connectivity index (χ4n) is 3.12. The van der Waals surface area contributed by atoms with Gasteiger partial charge in [-0.3, -0.25) is 4.79 Å². The van der Waals surface area contributed by atoms with Gasteiger partial charge < -0.3 is 19.9 Å². The Hall–Kier alpha value is -2.60. The number of rotatable bonds is 5. The molecule has 0 saturated carbocycles. The number of hydrogen-bond donors (Lipinski definition) is 2. The second kappa shape index (κ2) is 7.98. The molecular weight excluding hydrogens is 321 g/mol. The second-order valence-corrected chi connectivity index (χ2v) is 6.11. The Morgan fingerprint density at radius 3 is 2.56 bits per heavy atom. The number of halogens is 1. The van der Waals surface area contributed by atoms with Crippen LogP contribution in [0.1, 0.15) is 0 Å². The number of piperazine rings is 1. The summed E-state index contributed by atoms with van der Waals surface area (Å²) in [6.45, 7) is 3.74. The Labute approximate surface area is 147 Å². The molecule has 3 rings (SSSR count). The highest BCUT2D eigenvalue weighted by Crippen LogP contribution is 2.27. The van der Waals surface area contributed by atoms with Gasteiger partial charge in [0.2, 0.25) is 0 Å². The molecule has 2 N–H and O–H groups in total. The van der Waals surface area contributed by atoms with Gasteiger partial charge in [0.25, 0.3) is 5.91 Å². The summed E-state index contributed by atoms with van der Waals surface area (Å²) in [6, 6.07) is 14.2. The zero-order chi connectivity index (χ0) is 17.6. The first-order valence-corrected chi connectivity index (χ1v) is 8.43. The van der Waals surface area contributed by atoms with Crippen LogP contribution in [0.3, 0.4) is 0 Å². The topological polar surface area (TPSA) is 46.0 Å². The molecule has 0 aliphatic carbocycles. The molecule has 6 heteroatoms. The van der Waals surface area contributed by atoms with Gasteiger partial charge in [-0.15, -0.1) is 0 Å². The van der Waals surface area contributed by atoms with Gasteiger partial charge >= 0.3 is 0 Å². The monoisotopic (exact) mass is 344 g/mol. The van der Waals surface area contributed by atoms with Crippen LogP contribution in [0.5, 0.6) is 5.75 Å². The number of benzene rings is 2. The van der Waals surface area contributed by atoms with Crippen LogP contribution in [0, 0.1) is 5.82 Å². The van der Waals surface area contributed by atoms with E-state index in [-0.39, 0.29) is 11.6 Å². The number of para-hydroxylation sites is 3. The zero-order valence-electron chi connectivity index (χ0n) is 14.3. The van der Waals surface area contributed by atoms with Crippen LogP contribution in [-0.4, -0.2) is 45.7 Å². The summed E-state index contributed by atoms with van der Waals surface area (Å²) in [6.07, 6.45) is 0. The molecule has 1 fully saturated rings. The number of quaternary nitrogens is 1. The van der Waals surface area contributed by atoms with Gasteiger partial charge in [0.1, 0.15) is 11.6 Å². The van der Waals surface area contributed by atoms with Gasteiger partial charge in [0.05, 0.1) is 44.7 Å². The minimum Gasteiger partial charge on any atom is -0.495 e. The molecule has 1 heterocycles. The summed E-state index contributed by atoms with van der Waals surface area (Å²) in [5, 5.41) is 2.65. The molecule has 1 amide bonds. The third-order valence-corrected chi connectivity index (χ3v) is 4.45. The van der Waals surface area contributed by atoms with Crippen LogP contribution >= 0.6 is 0 Å². The van der Waals surface area contributed by atoms with Crippen LogP contribution in [-0.2, 0) is 4.79 Å². The Balaban J connectivity index is 1.52. The van der Waals surface area contributed by atoms with Crippen molar-refractivity contribution >= 4 is 17.3 Å². The molecule has 0 atom stereocenters. The molecule has 5 nitrogen and oxygen atoms in total. The fraction of sp³-hybridized carbons (Fsp3) is 0.316. The van der Waals surface area contributed by atoms with Crippen molar-refractivity contribution in [1.29, 1.82) is 0 Å². The Kier molecular flexibility index (Phi) is 5.50. The van der Waals surface area contributed by atoms with Gasteiger partial charge in [-0.1, -0.05) is 24.3 Å². The lowest BCUT2D eigenvalue weighted by molar-refractivity contribution is -0.892. The lowest BCUT2D eigenvalue weighted by Crippen LogP contribution is -3.15. The molecule has 1 aliphatic rings. The highest BCUT2D eigenvalue weighted by atomic mass is 19.1. The Bertz CT molecular complexity index is 730. The quantitative estimate of drug-likeness (QED) is 0.856. The van der Waals surface area contributed by atoms with E-state index < -0.39 is 5.82 Å². The lowest BCUT2D eigenvalue weighted by atomic mass is 10.2. The van der Waals surface area contributed by atoms with E-state index in [0.717, 1.165) is 37.6 Å². The van der Waals surface area contributed by atoms with Crippen molar-refractivity contribution < 1.29 is 18.8 Å². The second-order valence-electron chi connectivity index (χ2n) is 6.11. The largest absolute Gasteiger partial charge is 0.495 e. The van der Waals surface area contributed by atoms with Crippen LogP contribution in [0.15, 0.2) is 48.5 Å². The van der Waals surface area contributed by atoms with Crippen molar-refractivity contribution in [3.63, 3.8) is 0 Å². The Morgan fingerprint density at radius 1 is 1.16 bits per heavy atom. The van der Waals surface area contributed by atoms with E-state index in [1.165, 1.54) is 11.0 Å². The number of amides is 1. The van der Waals surface area contributed by atoms with Gasteiger partial charge in [0.15, 0.2) is 6.54 Å². The highest BCUT2D eigenvalue weighted by Gasteiger charge is 2.24. The Morgan fingerprint density at radius 2 is 1.84 bits per heavy atom. The van der Waals surface area contributed by atoms with E-state index >= 15 is 0 Å². The van der Waals surface area contributed by atoms with E-state index in [9.17, 15) is 9.18 Å². The van der Waals surface area contributed by atoms with Gasteiger partial charge in [-0.2, -0.15) is 0 Å². The van der Waals surface area contributed by atoms with Crippen molar-refractivity contribution in [2.45, 2.75) is 0 Å². The predicted octanol–water partition coefficient (Wildman–Crippen LogP) is 1.18. The summed E-state index contributed by atoms with van der Waals surface area (Å²) < 4.78 is 19.0. The van der Waals surface area contributed by atoms with Crippen LogP contribution in [0.25, 0.3) is 0 Å². The van der Waals surface area contributed by atoms with E-state index in [4.69, 9.17) is 4.74 Å². The molecule has 0 unspecified atom stereocenters. The molecule has 25 heavy (non-hydrogen) atoms. The number of nitrogens with zero attached hydrogens (tertiary/aromatic N) is 1. The molecule has 2 aromatic rings. The smallest absolute Gasteiger partial charge is 0.279 e. The maximum absolute atomic E-state index is 13.6. The first-order chi connectivity index (χ1) is 12.2. The first-order valence-electron chi connectivity index (χ1n) is 8.43. The van der Waals surface area contributed by atoms with E-state index in [1.807, 2.05) is 18.2 Å². The molecule has 1 saturated heterocycles. The van der Waals surface area contributed by atoms with Crippen LogP contribution < -0.4 is 19.9 Å². The third-order valence-electron chi connectivity index (χ3n) is 4.45. The van der Waals surface area contributed by atoms with E-state index in [1.54, 1.807) is 25.3 Å². The van der Waals surface area contributed by atoms with Gasteiger partial charge in [-0.25, -0.2) is 4.39 Å². The van der Waals surface area contributed by atoms with E-state index in [0.29, 0.717) is 6.54 Å². The van der Waals surface area contributed by atoms with Crippen LogP contribution in [0.2, 0.25) is 0 Å². The van der Waals surface area contributed by atoms with Gasteiger partial charge in [0, 0.05) is 0 Å². The van der Waals surface area contributed by atoms with Crippen molar-refractivity contribution in [3.8, 4) is 5.75 Å². The summed E-state index contributed by atoms with van der Waals surface area (Å²) >= 11 is 0. The zero-order valence-corrected chi connectivity index (χ0v) is 14.3. The lowest BCUT2D eigenvalue weighted by Gasteiger charge is -2.34. The third kappa shape index (κ3) is 4.28. The minimum absolute atomic E-state index is 0.161. The summed E-state index contributed by atoms with van der Waals surface area (Å²) in [5.74, 6) is 0.293. The average Bonchev–Trinajstić information content (AvgIpc) is 2.64. The summed E-state index contributed by atoms with van der Waals surface area (Å²) in [4.78, 5) is 15.6. The predicted molar refractivity (Wildman–Crippen MR) is 95.8 cm³/mol. The van der Waals surface area contributed by atoms with Crippen LogP contribution in [0.4, 0.5) is 15.8 Å². The minimum atomic E-state index is -0.410. The maximum Gasteiger partial charge on any atom is 0.279 e. The summed E-state index contributed by atoms with van der Waals surface area (Å²) in [5.41, 5.74) is 1.32. The van der Waals surface area contributed by atoms with Gasteiger partial charge in [-0.05, 0) is 24.3 Å². The molecule has 132 valence electrons. The molecule has 1 aliphatic heterocycles. The van der Waals surface area contributed by atoms with Crippen molar-refractivity contribution in [1.82, 2.24) is 0 Å². The fourth-order valence-corrected chi connectivity index (χ4v) is 3.12. The number of hydrogen-bond acceptors (Lipinski definition) is 3. The SMILES string of the molecule is COc1ccccc1N1CC[NH+](CC(=O)Nc2ccccc2F)CC1. The average molecular weight is 344 g/mol. The number of methoxy groups -OCH3 is 1.